The Hall–Kier alpha value is -0.990. The van der Waals surface area contributed by atoms with Gasteiger partial charge in [0.2, 0.25) is 10.0 Å². The fraction of sp³-hybridized carbons (Fsp3) is 0.714. The van der Waals surface area contributed by atoms with E-state index in [0.29, 0.717) is 30.0 Å². The summed E-state index contributed by atoms with van der Waals surface area (Å²) in [5.41, 5.74) is 1.92. The van der Waals surface area contributed by atoms with Crippen LogP contribution in [0.25, 0.3) is 0 Å². The second-order valence-corrected chi connectivity index (χ2v) is 10.8. The average molecular weight is 412 g/mol. The number of hydrogen-bond acceptors (Lipinski definition) is 3. The van der Waals surface area contributed by atoms with Crippen LogP contribution < -0.4 is 9.80 Å². The van der Waals surface area contributed by atoms with Crippen LogP contribution in [0.1, 0.15) is 25.0 Å². The van der Waals surface area contributed by atoms with Crippen molar-refractivity contribution >= 4 is 10.0 Å². The molecule has 3 rings (SSSR count). The minimum Gasteiger partial charge on any atom is -0.361 e. The lowest BCUT2D eigenvalue weighted by molar-refractivity contribution is -0.935. The first-order valence-corrected chi connectivity index (χ1v) is 12.1. The molecule has 2 fully saturated rings. The molecule has 0 amide bonds. The van der Waals surface area contributed by atoms with Crippen molar-refractivity contribution in [3.63, 3.8) is 0 Å². The molecule has 1 aromatic carbocycles. The van der Waals surface area contributed by atoms with Gasteiger partial charge in [-0.3, -0.25) is 0 Å². The number of rotatable bonds is 6. The Labute approximate surface area is 170 Å². The van der Waals surface area contributed by atoms with Crippen LogP contribution in [0.5, 0.6) is 0 Å². The number of nitrogens with zero attached hydrogens (tertiary/aromatic N) is 1. The number of ether oxygens (including phenoxy) is 1. The Bertz CT molecular complexity index is 758. The summed E-state index contributed by atoms with van der Waals surface area (Å²) in [6.07, 6.45) is 0.292. The third-order valence-corrected chi connectivity index (χ3v) is 7.98. The predicted octanol–water partition coefficient (Wildman–Crippen LogP) is -0.868. The maximum absolute atomic E-state index is 13.1. The number of nitrogens with one attached hydrogen (secondary N) is 2. The number of sulfonamides is 1. The zero-order valence-electron chi connectivity index (χ0n) is 17.8. The Balaban J connectivity index is 1.54. The summed E-state index contributed by atoms with van der Waals surface area (Å²) in [5, 5.41) is 0. The number of morpholine rings is 1. The largest absolute Gasteiger partial charge is 0.361 e. The molecular formula is C21H37N3O3S+2. The highest BCUT2D eigenvalue weighted by Crippen LogP contribution is 2.20. The maximum atomic E-state index is 13.1. The van der Waals surface area contributed by atoms with Crippen molar-refractivity contribution in [1.82, 2.24) is 4.31 Å². The van der Waals surface area contributed by atoms with Crippen molar-refractivity contribution in [3.05, 3.63) is 29.3 Å². The number of quaternary nitrogens is 2. The highest BCUT2D eigenvalue weighted by Gasteiger charge is 2.34. The van der Waals surface area contributed by atoms with Gasteiger partial charge in [0.1, 0.15) is 19.6 Å². The zero-order chi connectivity index (χ0) is 20.3. The van der Waals surface area contributed by atoms with Gasteiger partial charge in [-0.05, 0) is 25.5 Å². The van der Waals surface area contributed by atoms with Gasteiger partial charge in [0.05, 0.1) is 44.2 Å². The Morgan fingerprint density at radius 3 is 2.50 bits per heavy atom. The van der Waals surface area contributed by atoms with E-state index >= 15 is 0 Å². The molecule has 158 valence electrons. The normalized spacial score (nSPS) is 25.3. The molecule has 1 unspecified atom stereocenters. The van der Waals surface area contributed by atoms with Crippen LogP contribution in [-0.4, -0.2) is 77.8 Å². The van der Waals surface area contributed by atoms with Crippen LogP contribution in [0.3, 0.4) is 0 Å². The minimum atomic E-state index is -3.40. The highest BCUT2D eigenvalue weighted by atomic mass is 32.2. The first-order chi connectivity index (χ1) is 13.3. The van der Waals surface area contributed by atoms with Crippen molar-refractivity contribution in [2.75, 3.05) is 59.0 Å². The molecule has 2 N–H and O–H groups in total. The topological polar surface area (TPSA) is 55.5 Å². The quantitative estimate of drug-likeness (QED) is 0.640. The van der Waals surface area contributed by atoms with E-state index in [1.165, 1.54) is 11.4 Å². The minimum absolute atomic E-state index is 0.292. The van der Waals surface area contributed by atoms with Crippen LogP contribution in [0, 0.1) is 19.8 Å². The summed E-state index contributed by atoms with van der Waals surface area (Å²) in [4.78, 5) is 3.55. The molecule has 2 atom stereocenters. The monoisotopic (exact) mass is 411 g/mol. The summed E-state index contributed by atoms with van der Waals surface area (Å²) in [6.45, 7) is 16.5. The third kappa shape index (κ3) is 5.33. The van der Waals surface area contributed by atoms with E-state index in [9.17, 15) is 8.42 Å². The molecule has 28 heavy (non-hydrogen) atoms. The van der Waals surface area contributed by atoms with Crippen molar-refractivity contribution in [1.29, 1.82) is 0 Å². The van der Waals surface area contributed by atoms with E-state index in [0.717, 1.165) is 50.5 Å². The number of hydrogen-bond donors (Lipinski definition) is 2. The molecule has 0 spiro atoms. The molecule has 0 saturated carbocycles. The lowest BCUT2D eigenvalue weighted by atomic mass is 10.1. The van der Waals surface area contributed by atoms with Gasteiger partial charge in [-0.2, -0.15) is 4.31 Å². The van der Waals surface area contributed by atoms with E-state index in [-0.39, 0.29) is 0 Å². The van der Waals surface area contributed by atoms with Crippen LogP contribution in [0.2, 0.25) is 0 Å². The molecule has 1 aromatic rings. The summed E-state index contributed by atoms with van der Waals surface area (Å²) in [5.74, 6) is 0.708. The lowest BCUT2D eigenvalue weighted by Crippen LogP contribution is -3.19. The standard InChI is InChI=1S/C21H35N3O3S/c1-17(2)14-23-11-12-27-20(16-23)15-22-7-9-24(10-8-22)28(25,26)21-6-5-18(3)13-19(21)4/h5-6,13,17,20H,7-12,14-16H2,1-4H3/p+2/t20-/m1/s1. The van der Waals surface area contributed by atoms with Gasteiger partial charge in [0.25, 0.3) is 0 Å². The maximum Gasteiger partial charge on any atom is 0.243 e. The zero-order valence-corrected chi connectivity index (χ0v) is 18.6. The second kappa shape index (κ2) is 9.22. The fourth-order valence-corrected chi connectivity index (χ4v) is 6.19. The number of benzene rings is 1. The SMILES string of the molecule is Cc1ccc(S(=O)(=O)N2CC[NH+](C[C@@H]3C[NH+](CC(C)C)CCO3)CC2)c(C)c1. The van der Waals surface area contributed by atoms with Crippen LogP contribution in [0.15, 0.2) is 23.1 Å². The Kier molecular flexibility index (Phi) is 7.15. The molecule has 0 radical (unpaired) electrons. The van der Waals surface area contributed by atoms with Crippen molar-refractivity contribution < 1.29 is 23.0 Å². The van der Waals surface area contributed by atoms with Gasteiger partial charge in [-0.15, -0.1) is 0 Å². The smallest absolute Gasteiger partial charge is 0.243 e. The van der Waals surface area contributed by atoms with Gasteiger partial charge in [-0.25, -0.2) is 8.42 Å². The second-order valence-electron chi connectivity index (χ2n) is 8.92. The third-order valence-electron chi connectivity index (χ3n) is 5.92. The summed E-state index contributed by atoms with van der Waals surface area (Å²) in [7, 11) is -3.40. The molecule has 0 aromatic heterocycles. The van der Waals surface area contributed by atoms with Gasteiger partial charge >= 0.3 is 0 Å². The van der Waals surface area contributed by atoms with Crippen LogP contribution >= 0.6 is 0 Å². The molecular weight excluding hydrogens is 374 g/mol. The van der Waals surface area contributed by atoms with E-state index in [4.69, 9.17) is 4.74 Å². The van der Waals surface area contributed by atoms with Crippen molar-refractivity contribution in [2.24, 2.45) is 5.92 Å². The predicted molar refractivity (Wildman–Crippen MR) is 110 cm³/mol. The van der Waals surface area contributed by atoms with Crippen molar-refractivity contribution in [2.45, 2.75) is 38.7 Å². The van der Waals surface area contributed by atoms with Gasteiger partial charge in [0, 0.05) is 5.92 Å². The molecule has 0 aliphatic carbocycles. The van der Waals surface area contributed by atoms with E-state index in [1.807, 2.05) is 26.0 Å². The first-order valence-electron chi connectivity index (χ1n) is 10.6. The fourth-order valence-electron chi connectivity index (χ4n) is 4.54. The highest BCUT2D eigenvalue weighted by molar-refractivity contribution is 7.89. The van der Waals surface area contributed by atoms with Gasteiger partial charge in [-0.1, -0.05) is 31.5 Å². The summed E-state index contributed by atoms with van der Waals surface area (Å²) >= 11 is 0. The molecule has 6 nitrogen and oxygen atoms in total. The number of piperazine rings is 1. The van der Waals surface area contributed by atoms with E-state index < -0.39 is 10.0 Å². The molecule has 2 aliphatic heterocycles. The number of aryl methyl sites for hydroxylation is 2. The molecule has 7 heteroatoms. The molecule has 2 heterocycles. The molecule has 2 saturated heterocycles. The van der Waals surface area contributed by atoms with Crippen molar-refractivity contribution in [3.8, 4) is 0 Å². The summed E-state index contributed by atoms with van der Waals surface area (Å²) in [6, 6.07) is 5.58. The van der Waals surface area contributed by atoms with Crippen LogP contribution in [0.4, 0.5) is 0 Å². The Morgan fingerprint density at radius 1 is 1.14 bits per heavy atom. The molecule has 0 bridgehead atoms. The van der Waals surface area contributed by atoms with Crippen LogP contribution in [-0.2, 0) is 14.8 Å². The molecule has 2 aliphatic rings. The van der Waals surface area contributed by atoms with Gasteiger partial charge < -0.3 is 14.5 Å². The van der Waals surface area contributed by atoms with Gasteiger partial charge in [0.15, 0.2) is 6.10 Å². The van der Waals surface area contributed by atoms with E-state index in [1.54, 1.807) is 15.3 Å². The Morgan fingerprint density at radius 2 is 1.86 bits per heavy atom. The summed E-state index contributed by atoms with van der Waals surface area (Å²) < 4.78 is 33.8. The van der Waals surface area contributed by atoms with E-state index in [2.05, 4.69) is 13.8 Å². The first kappa shape index (κ1) is 21.7. The lowest BCUT2D eigenvalue weighted by Gasteiger charge is -2.36. The average Bonchev–Trinajstić information content (AvgIpc) is 2.61.